The minimum absolute atomic E-state index is 0.0687. The predicted molar refractivity (Wildman–Crippen MR) is 103 cm³/mol. The number of amides is 1. The molecule has 1 aromatic carbocycles. The quantitative estimate of drug-likeness (QED) is 0.790. The van der Waals surface area contributed by atoms with Crippen molar-refractivity contribution in [3.63, 3.8) is 0 Å². The lowest BCUT2D eigenvalue weighted by atomic mass is 9.96. The summed E-state index contributed by atoms with van der Waals surface area (Å²) < 4.78 is 27.0. The summed E-state index contributed by atoms with van der Waals surface area (Å²) in [5.41, 5.74) is 2.05. The lowest BCUT2D eigenvalue weighted by Gasteiger charge is -2.32. The van der Waals surface area contributed by atoms with E-state index < -0.39 is 10.0 Å². The smallest absolute Gasteiger partial charge is 0.243 e. The number of hydrogen-bond donors (Lipinski definition) is 0. The van der Waals surface area contributed by atoms with Gasteiger partial charge in [0.25, 0.3) is 0 Å². The first-order valence-electron chi connectivity index (χ1n) is 9.08. The fourth-order valence-corrected chi connectivity index (χ4v) is 4.82. The second-order valence-electron chi connectivity index (χ2n) is 7.04. The van der Waals surface area contributed by atoms with E-state index in [-0.39, 0.29) is 11.8 Å². The number of aryl methyl sites for hydroxylation is 1. The maximum atomic E-state index is 12.8. The largest absolute Gasteiger partial charge is 0.341 e. The predicted octanol–water partition coefficient (Wildman–Crippen LogP) is 2.45. The molecule has 6 nitrogen and oxygen atoms in total. The molecule has 0 unspecified atom stereocenters. The van der Waals surface area contributed by atoms with Gasteiger partial charge in [0, 0.05) is 45.0 Å². The van der Waals surface area contributed by atoms with Crippen molar-refractivity contribution in [1.29, 1.82) is 0 Å². The molecule has 0 bridgehead atoms. The van der Waals surface area contributed by atoms with Crippen molar-refractivity contribution in [2.24, 2.45) is 5.92 Å². The van der Waals surface area contributed by atoms with Crippen molar-refractivity contribution in [3.8, 4) is 0 Å². The number of nitrogens with zero attached hydrogens (tertiary/aromatic N) is 3. The molecule has 1 aromatic heterocycles. The van der Waals surface area contributed by atoms with Crippen LogP contribution in [-0.4, -0.2) is 48.7 Å². The van der Waals surface area contributed by atoms with Crippen LogP contribution in [0, 0.1) is 12.8 Å². The Morgan fingerprint density at radius 1 is 1.11 bits per heavy atom. The summed E-state index contributed by atoms with van der Waals surface area (Å²) in [5, 5.41) is 0. The Bertz CT molecular complexity index is 874. The monoisotopic (exact) mass is 387 g/mol. The van der Waals surface area contributed by atoms with Crippen LogP contribution in [0.15, 0.2) is 53.7 Å². The zero-order valence-corrected chi connectivity index (χ0v) is 16.5. The third-order valence-electron chi connectivity index (χ3n) is 5.01. The highest BCUT2D eigenvalue weighted by atomic mass is 32.2. The summed E-state index contributed by atoms with van der Waals surface area (Å²) in [6, 6.07) is 10.7. The molecule has 1 aliphatic heterocycles. The highest BCUT2D eigenvalue weighted by Crippen LogP contribution is 2.25. The maximum absolute atomic E-state index is 12.8. The van der Waals surface area contributed by atoms with Gasteiger partial charge in [0.15, 0.2) is 0 Å². The minimum atomic E-state index is -3.50. The van der Waals surface area contributed by atoms with Crippen molar-refractivity contribution in [2.45, 2.75) is 31.2 Å². The Balaban J connectivity index is 1.59. The molecule has 0 saturated carbocycles. The van der Waals surface area contributed by atoms with Gasteiger partial charge < -0.3 is 4.90 Å². The van der Waals surface area contributed by atoms with Gasteiger partial charge in [-0.15, -0.1) is 0 Å². The van der Waals surface area contributed by atoms with Crippen molar-refractivity contribution in [1.82, 2.24) is 14.2 Å². The van der Waals surface area contributed by atoms with E-state index in [1.165, 1.54) is 4.31 Å². The number of carbonyl (C=O) groups is 1. The third kappa shape index (κ3) is 4.54. The Kier molecular flexibility index (Phi) is 5.92. The highest BCUT2D eigenvalue weighted by molar-refractivity contribution is 7.89. The maximum Gasteiger partial charge on any atom is 0.243 e. The van der Waals surface area contributed by atoms with Crippen LogP contribution in [0.25, 0.3) is 0 Å². The van der Waals surface area contributed by atoms with Gasteiger partial charge in [-0.2, -0.15) is 4.31 Å². The van der Waals surface area contributed by atoms with Crippen LogP contribution in [-0.2, 0) is 21.4 Å². The molecule has 7 heteroatoms. The highest BCUT2D eigenvalue weighted by Gasteiger charge is 2.33. The average molecular weight is 388 g/mol. The second kappa shape index (κ2) is 8.19. The number of aromatic nitrogens is 1. The van der Waals surface area contributed by atoms with Crippen LogP contribution in [0.1, 0.15) is 24.0 Å². The zero-order chi connectivity index (χ0) is 19.4. The number of benzene rings is 1. The molecule has 1 saturated heterocycles. The molecule has 2 heterocycles. The van der Waals surface area contributed by atoms with Crippen molar-refractivity contribution in [2.75, 3.05) is 20.1 Å². The number of hydrogen-bond acceptors (Lipinski definition) is 4. The van der Waals surface area contributed by atoms with E-state index in [2.05, 4.69) is 4.98 Å². The molecule has 1 amide bonds. The van der Waals surface area contributed by atoms with Gasteiger partial charge in [0.2, 0.25) is 15.9 Å². The topological polar surface area (TPSA) is 70.6 Å². The van der Waals surface area contributed by atoms with Gasteiger partial charge >= 0.3 is 0 Å². The van der Waals surface area contributed by atoms with E-state index >= 15 is 0 Å². The van der Waals surface area contributed by atoms with Crippen LogP contribution in [0.5, 0.6) is 0 Å². The van der Waals surface area contributed by atoms with Gasteiger partial charge in [0.05, 0.1) is 4.90 Å². The van der Waals surface area contributed by atoms with Crippen LogP contribution in [0.4, 0.5) is 0 Å². The van der Waals surface area contributed by atoms with Crippen LogP contribution in [0.2, 0.25) is 0 Å². The molecule has 0 spiro atoms. The lowest BCUT2D eigenvalue weighted by molar-refractivity contribution is -0.135. The molecule has 2 aromatic rings. The van der Waals surface area contributed by atoms with Crippen LogP contribution in [0.3, 0.4) is 0 Å². The van der Waals surface area contributed by atoms with E-state index in [0.29, 0.717) is 37.4 Å². The molecular formula is C20H25N3O3S. The normalized spacial score (nSPS) is 16.2. The summed E-state index contributed by atoms with van der Waals surface area (Å²) in [6.07, 6.45) is 4.51. The van der Waals surface area contributed by atoms with E-state index in [1.807, 2.05) is 19.1 Å². The van der Waals surface area contributed by atoms with Crippen LogP contribution < -0.4 is 0 Å². The zero-order valence-electron chi connectivity index (χ0n) is 15.7. The third-order valence-corrected chi connectivity index (χ3v) is 6.92. The van der Waals surface area contributed by atoms with E-state index in [9.17, 15) is 13.2 Å². The first-order valence-corrected chi connectivity index (χ1v) is 10.5. The number of rotatable bonds is 5. The van der Waals surface area contributed by atoms with E-state index in [4.69, 9.17) is 0 Å². The molecule has 27 heavy (non-hydrogen) atoms. The summed E-state index contributed by atoms with van der Waals surface area (Å²) in [7, 11) is -1.71. The van der Waals surface area contributed by atoms with Gasteiger partial charge in [-0.3, -0.25) is 9.78 Å². The van der Waals surface area contributed by atoms with Gasteiger partial charge in [-0.05, 0) is 49.6 Å². The summed E-state index contributed by atoms with van der Waals surface area (Å²) >= 11 is 0. The lowest BCUT2D eigenvalue weighted by Crippen LogP contribution is -2.43. The fourth-order valence-electron chi connectivity index (χ4n) is 3.35. The molecule has 0 aliphatic carbocycles. The first-order chi connectivity index (χ1) is 12.9. The summed E-state index contributed by atoms with van der Waals surface area (Å²) in [6.45, 7) is 3.20. The second-order valence-corrected chi connectivity index (χ2v) is 8.98. The Morgan fingerprint density at radius 3 is 2.30 bits per heavy atom. The molecule has 1 fully saturated rings. The van der Waals surface area contributed by atoms with Crippen molar-refractivity contribution < 1.29 is 13.2 Å². The number of piperidine rings is 1. The van der Waals surface area contributed by atoms with Gasteiger partial charge in [0.1, 0.15) is 0 Å². The average Bonchev–Trinajstić information content (AvgIpc) is 2.68. The molecule has 144 valence electrons. The number of carbonyl (C=O) groups excluding carboxylic acids is 1. The summed E-state index contributed by atoms with van der Waals surface area (Å²) in [5.74, 6) is -0.0690. The standard InChI is InChI=1S/C20H25N3O3S/c1-16-3-5-19(6-4-16)27(25,26)23-13-9-18(10-14-23)20(24)22(2)15-17-7-11-21-12-8-17/h3-8,11-12,18H,9-10,13-15H2,1-2H3. The Hall–Kier alpha value is -2.25. The Morgan fingerprint density at radius 2 is 1.70 bits per heavy atom. The van der Waals surface area contributed by atoms with Gasteiger partial charge in [-0.1, -0.05) is 17.7 Å². The van der Waals surface area contributed by atoms with Crippen LogP contribution >= 0.6 is 0 Å². The molecule has 1 aliphatic rings. The van der Waals surface area contributed by atoms with Gasteiger partial charge in [-0.25, -0.2) is 8.42 Å². The molecule has 3 rings (SSSR count). The van der Waals surface area contributed by atoms with Crippen molar-refractivity contribution >= 4 is 15.9 Å². The SMILES string of the molecule is Cc1ccc(S(=O)(=O)N2CCC(C(=O)N(C)Cc3ccncc3)CC2)cc1. The molecular weight excluding hydrogens is 362 g/mol. The molecule has 0 N–H and O–H groups in total. The number of pyridine rings is 1. The Labute approximate surface area is 160 Å². The first kappa shape index (κ1) is 19.5. The minimum Gasteiger partial charge on any atom is -0.341 e. The number of sulfonamides is 1. The van der Waals surface area contributed by atoms with Crippen molar-refractivity contribution in [3.05, 3.63) is 59.9 Å². The molecule has 0 radical (unpaired) electrons. The van der Waals surface area contributed by atoms with E-state index in [1.54, 1.807) is 48.6 Å². The van der Waals surface area contributed by atoms with E-state index in [0.717, 1.165) is 11.1 Å². The summed E-state index contributed by atoms with van der Waals surface area (Å²) in [4.78, 5) is 18.7. The molecule has 0 atom stereocenters. The fraction of sp³-hybridized carbons (Fsp3) is 0.400.